The summed E-state index contributed by atoms with van der Waals surface area (Å²) in [5.41, 5.74) is -1.80. The van der Waals surface area contributed by atoms with Crippen LogP contribution in [0.15, 0.2) is 0 Å². The van der Waals surface area contributed by atoms with E-state index in [4.69, 9.17) is 28.4 Å². The van der Waals surface area contributed by atoms with Crippen LogP contribution in [0.4, 0.5) is 0 Å². The monoisotopic (exact) mass is 596 g/mol. The molecule has 1 saturated carbocycles. The molecule has 9 rings (SSSR count). The lowest BCUT2D eigenvalue weighted by Crippen LogP contribution is -2.90. The Balaban J connectivity index is 1.43. The average Bonchev–Trinajstić information content (AvgIpc) is 2.77. The van der Waals surface area contributed by atoms with Crippen molar-refractivity contribution in [1.29, 1.82) is 0 Å². The molecule has 0 spiro atoms. The second-order valence-electron chi connectivity index (χ2n) is 16.8. The minimum atomic E-state index is -0.682. The zero-order valence-corrected chi connectivity index (χ0v) is 29.2. The fraction of sp³-hybridized carbons (Fsp3) is 1.00. The maximum atomic E-state index is 7.15. The highest BCUT2D eigenvalue weighted by atomic mass is 31.0. The summed E-state index contributed by atoms with van der Waals surface area (Å²) in [6.45, 7) is 27.3. The van der Waals surface area contributed by atoms with Crippen LogP contribution in [0, 0.1) is 35.5 Å². The molecule has 228 valence electrons. The van der Waals surface area contributed by atoms with E-state index in [1.807, 2.05) is 0 Å². The third-order valence-electron chi connectivity index (χ3n) is 14.4. The Kier molecular flexibility index (Phi) is 5.52. The molecule has 8 aliphatic heterocycles. The third-order valence-corrected chi connectivity index (χ3v) is 17.6. The second-order valence-corrected chi connectivity index (χ2v) is 18.6. The Hall–Kier alpha value is 0.620. The van der Waals surface area contributed by atoms with Gasteiger partial charge in [-0.15, -0.1) is 18.5 Å². The Labute approximate surface area is 246 Å². The molecule has 8 heterocycles. The van der Waals surface area contributed by atoms with Gasteiger partial charge in [-0.25, -0.2) is 0 Å². The van der Waals surface area contributed by atoms with Gasteiger partial charge >= 0.3 is 0 Å². The van der Waals surface area contributed by atoms with Crippen LogP contribution in [0.2, 0.25) is 0 Å². The fourth-order valence-corrected chi connectivity index (χ4v) is 13.9. The van der Waals surface area contributed by atoms with Gasteiger partial charge in [-0.05, 0) is 91.9 Å². The first-order valence-corrected chi connectivity index (χ1v) is 16.9. The number of hydrogen-bond donors (Lipinski definition) is 0. The van der Waals surface area contributed by atoms with Gasteiger partial charge in [-0.3, -0.25) is 0 Å². The van der Waals surface area contributed by atoms with E-state index in [0.29, 0.717) is 24.7 Å². The molecular weight excluding hydrogens is 542 g/mol. The molecule has 40 heavy (non-hydrogen) atoms. The lowest BCUT2D eigenvalue weighted by atomic mass is 9.45. The van der Waals surface area contributed by atoms with Gasteiger partial charge in [-0.2, -0.15) is 0 Å². The normalized spacial score (nSPS) is 71.2. The molecule has 1 aliphatic carbocycles. The molecule has 0 aromatic rings. The van der Waals surface area contributed by atoms with E-state index in [9.17, 15) is 0 Å². The molecule has 8 heteroatoms. The molecule has 18 unspecified atom stereocenters. The van der Waals surface area contributed by atoms with Crippen LogP contribution in [0.1, 0.15) is 109 Å². The lowest BCUT2D eigenvalue weighted by Gasteiger charge is -2.81. The van der Waals surface area contributed by atoms with Crippen molar-refractivity contribution >= 4 is 18.5 Å². The van der Waals surface area contributed by atoms with Crippen molar-refractivity contribution in [2.45, 2.75) is 165 Å². The summed E-state index contributed by atoms with van der Waals surface area (Å²) in [6.07, 6.45) is 3.63. The molecule has 0 amide bonds. The molecule has 0 aromatic heterocycles. The SMILES string of the molecule is CC1CC(C2(P)C3(C)CC4(C)OC(C)(O3)C(C)C2(C)O4)C(C2(P)C3(C)CC4(C)OC(C)(O3)C(C)C2(C)O4)CC1C. The molecule has 0 N–H and O–H groups in total. The van der Waals surface area contributed by atoms with Crippen LogP contribution in [-0.2, 0) is 28.4 Å². The zero-order valence-electron chi connectivity index (χ0n) is 26.9. The first-order valence-electron chi connectivity index (χ1n) is 15.8. The fourth-order valence-electron chi connectivity index (χ4n) is 12.2. The van der Waals surface area contributed by atoms with E-state index in [1.54, 1.807) is 0 Å². The van der Waals surface area contributed by atoms with E-state index >= 15 is 0 Å². The van der Waals surface area contributed by atoms with E-state index in [2.05, 4.69) is 102 Å². The number of hydrogen-bond acceptors (Lipinski definition) is 6. The van der Waals surface area contributed by atoms with Crippen molar-refractivity contribution in [2.75, 3.05) is 0 Å². The predicted octanol–water partition coefficient (Wildman–Crippen LogP) is 6.65. The third kappa shape index (κ3) is 2.93. The summed E-state index contributed by atoms with van der Waals surface area (Å²) >= 11 is 0. The van der Waals surface area contributed by atoms with Gasteiger partial charge in [0.15, 0.2) is 23.1 Å². The Morgan fingerprint density at radius 3 is 1.15 bits per heavy atom. The van der Waals surface area contributed by atoms with Crippen molar-refractivity contribution in [1.82, 2.24) is 0 Å². The number of ether oxygens (including phenoxy) is 6. The van der Waals surface area contributed by atoms with Crippen molar-refractivity contribution in [3.63, 3.8) is 0 Å². The van der Waals surface area contributed by atoms with Gasteiger partial charge in [0.05, 0.1) is 22.4 Å². The van der Waals surface area contributed by atoms with Gasteiger partial charge in [0.2, 0.25) is 0 Å². The van der Waals surface area contributed by atoms with Gasteiger partial charge in [0, 0.05) is 35.0 Å². The summed E-state index contributed by atoms with van der Waals surface area (Å²) in [6, 6.07) is 0. The smallest absolute Gasteiger partial charge is 0.175 e. The van der Waals surface area contributed by atoms with Gasteiger partial charge < -0.3 is 28.4 Å². The minimum absolute atomic E-state index is 0.0528. The van der Waals surface area contributed by atoms with Crippen LogP contribution >= 0.6 is 18.5 Å². The topological polar surface area (TPSA) is 55.4 Å². The van der Waals surface area contributed by atoms with E-state index in [0.717, 1.165) is 12.8 Å². The highest BCUT2D eigenvalue weighted by molar-refractivity contribution is 7.20. The Morgan fingerprint density at radius 1 is 0.500 bits per heavy atom. The molecule has 9 aliphatic rings. The summed E-state index contributed by atoms with van der Waals surface area (Å²) in [4.78, 5) is 0. The van der Waals surface area contributed by atoms with Gasteiger partial charge in [-0.1, -0.05) is 27.7 Å². The van der Waals surface area contributed by atoms with Gasteiger partial charge in [0.1, 0.15) is 0 Å². The van der Waals surface area contributed by atoms with Crippen LogP contribution in [0.25, 0.3) is 0 Å². The van der Waals surface area contributed by atoms with Crippen molar-refractivity contribution in [2.24, 2.45) is 35.5 Å². The largest absolute Gasteiger partial charge is 0.342 e. The van der Waals surface area contributed by atoms with Crippen molar-refractivity contribution in [3.05, 3.63) is 0 Å². The molecule has 8 bridgehead atoms. The van der Waals surface area contributed by atoms with E-state index in [1.165, 1.54) is 0 Å². The minimum Gasteiger partial charge on any atom is -0.342 e. The predicted molar refractivity (Wildman–Crippen MR) is 161 cm³/mol. The first-order chi connectivity index (χ1) is 18.0. The van der Waals surface area contributed by atoms with Gasteiger partial charge in [0.25, 0.3) is 0 Å². The molecule has 9 fully saturated rings. The maximum Gasteiger partial charge on any atom is 0.175 e. The van der Waals surface area contributed by atoms with Crippen molar-refractivity contribution < 1.29 is 28.4 Å². The highest BCUT2D eigenvalue weighted by Gasteiger charge is 2.85. The summed E-state index contributed by atoms with van der Waals surface area (Å²) in [7, 11) is 6.85. The lowest BCUT2D eigenvalue weighted by molar-refractivity contribution is -0.551. The zero-order chi connectivity index (χ0) is 29.5. The van der Waals surface area contributed by atoms with Crippen molar-refractivity contribution in [3.8, 4) is 0 Å². The molecule has 6 nitrogen and oxygen atoms in total. The summed E-state index contributed by atoms with van der Waals surface area (Å²) < 4.78 is 41.7. The quantitative estimate of drug-likeness (QED) is 0.333. The van der Waals surface area contributed by atoms with Crippen LogP contribution in [0.5, 0.6) is 0 Å². The Morgan fingerprint density at radius 2 is 0.825 bits per heavy atom. The van der Waals surface area contributed by atoms with E-state index in [-0.39, 0.29) is 34.0 Å². The molecular formula is C32H54O6P2. The number of rotatable bonds is 2. The Bertz CT molecular complexity index is 1080. The summed E-state index contributed by atoms with van der Waals surface area (Å²) in [5, 5.41) is -0.695. The molecule has 8 saturated heterocycles. The van der Waals surface area contributed by atoms with Crippen LogP contribution in [-0.4, -0.2) is 55.9 Å². The maximum absolute atomic E-state index is 7.15. The van der Waals surface area contributed by atoms with E-state index < -0.39 is 45.6 Å². The molecule has 0 aromatic carbocycles. The molecule has 18 atom stereocenters. The standard InChI is InChI=1S/C32H54O6P2/c1-17-13-21(31(39)23(5)15-25(7)35-27(31,9)19(3)29(11,33-23)37-25)22(14-18(17)2)32(40)24(6)16-26(8)36-28(32,10)20(4)30(12,34-24)38-26/h17-22H,13-16,39-40H2,1-12H3. The first kappa shape index (κ1) is 29.3. The average molecular weight is 597 g/mol. The van der Waals surface area contributed by atoms with Crippen LogP contribution < -0.4 is 0 Å². The molecule has 0 radical (unpaired) electrons. The summed E-state index contributed by atoms with van der Waals surface area (Å²) in [5.74, 6) is -0.824. The van der Waals surface area contributed by atoms with Crippen LogP contribution in [0.3, 0.4) is 0 Å². The highest BCUT2D eigenvalue weighted by Crippen LogP contribution is 2.77. The second kappa shape index (κ2) is 7.52.